The van der Waals surface area contributed by atoms with Crippen LogP contribution in [-0.4, -0.2) is 50.2 Å². The zero-order valence-corrected chi connectivity index (χ0v) is 20.8. The van der Waals surface area contributed by atoms with Gasteiger partial charge in [0.15, 0.2) is 0 Å². The fourth-order valence-corrected chi connectivity index (χ4v) is 5.06. The number of nitrogens with zero attached hydrogens (tertiary/aromatic N) is 2. The number of aryl methyl sites for hydroxylation is 1. The number of amides is 1. The zero-order chi connectivity index (χ0) is 25.3. The van der Waals surface area contributed by atoms with Gasteiger partial charge in [0.05, 0.1) is 17.2 Å². The van der Waals surface area contributed by atoms with Gasteiger partial charge in [0.1, 0.15) is 11.6 Å². The third-order valence-corrected chi connectivity index (χ3v) is 7.27. The van der Waals surface area contributed by atoms with Crippen molar-refractivity contribution in [3.8, 4) is 11.3 Å². The number of nitrogens with one attached hydrogen (secondary N) is 1. The lowest BCUT2D eigenvalue weighted by atomic mass is 10.0. The molecule has 0 atom stereocenters. The Bertz CT molecular complexity index is 1370. The number of hydrogen-bond donors (Lipinski definition) is 2. The van der Waals surface area contributed by atoms with Gasteiger partial charge in [0, 0.05) is 25.6 Å². The molecular weight excluding hydrogens is 470 g/mol. The lowest BCUT2D eigenvalue weighted by molar-refractivity contribution is -0.137. The van der Waals surface area contributed by atoms with Gasteiger partial charge in [-0.3, -0.25) is 13.9 Å². The molecule has 3 aromatic rings. The fraction of sp³-hybridized carbons (Fsp3) is 0.400. The molecule has 2 heterocycles. The number of unbranched alkanes of at least 4 members (excludes halogenated alkanes) is 1. The molecule has 2 N–H and O–H groups in total. The predicted octanol–water partition coefficient (Wildman–Crippen LogP) is 4.06. The number of furan rings is 1. The van der Waals surface area contributed by atoms with Crippen LogP contribution in [0.2, 0.25) is 0 Å². The molecule has 1 aromatic carbocycles. The molecule has 1 amide bonds. The fourth-order valence-electron chi connectivity index (χ4n) is 4.14. The molecule has 0 saturated heterocycles. The predicted molar refractivity (Wildman–Crippen MR) is 133 cm³/mol. The van der Waals surface area contributed by atoms with E-state index in [9.17, 15) is 18.0 Å². The number of carboxylic acids is 1. The number of fused-ring (bicyclic) bond motifs is 1. The highest BCUT2D eigenvalue weighted by Gasteiger charge is 2.34. The number of sulfonamides is 1. The van der Waals surface area contributed by atoms with Crippen molar-refractivity contribution in [2.24, 2.45) is 0 Å². The van der Waals surface area contributed by atoms with Crippen LogP contribution in [0.4, 0.5) is 5.82 Å². The van der Waals surface area contributed by atoms with Crippen molar-refractivity contribution in [3.05, 3.63) is 47.0 Å². The molecule has 0 aliphatic heterocycles. The van der Waals surface area contributed by atoms with Gasteiger partial charge in [-0.25, -0.2) is 8.42 Å². The summed E-state index contributed by atoms with van der Waals surface area (Å²) < 4.78 is 32.8. The van der Waals surface area contributed by atoms with Crippen LogP contribution in [0, 0.1) is 6.92 Å². The van der Waals surface area contributed by atoms with Gasteiger partial charge < -0.3 is 14.8 Å². The van der Waals surface area contributed by atoms with E-state index >= 15 is 0 Å². The first-order chi connectivity index (χ1) is 16.6. The van der Waals surface area contributed by atoms with Crippen molar-refractivity contribution in [1.82, 2.24) is 10.3 Å². The van der Waals surface area contributed by atoms with E-state index in [1.54, 1.807) is 7.05 Å². The molecule has 1 aliphatic rings. The molecule has 35 heavy (non-hydrogen) atoms. The number of pyridine rings is 1. The van der Waals surface area contributed by atoms with E-state index in [-0.39, 0.29) is 36.3 Å². The first kappa shape index (κ1) is 24.7. The summed E-state index contributed by atoms with van der Waals surface area (Å²) in [5.41, 5.74) is 3.07. The molecule has 4 rings (SSSR count). The van der Waals surface area contributed by atoms with E-state index in [4.69, 9.17) is 9.52 Å². The van der Waals surface area contributed by atoms with E-state index in [1.807, 2.05) is 37.3 Å². The van der Waals surface area contributed by atoms with Crippen LogP contribution in [0.25, 0.3) is 22.4 Å². The summed E-state index contributed by atoms with van der Waals surface area (Å²) in [6.45, 7) is 2.08. The number of carbonyl (C=O) groups is 2. The Balaban J connectivity index is 1.86. The molecule has 2 aromatic heterocycles. The van der Waals surface area contributed by atoms with Crippen LogP contribution in [0.15, 0.2) is 34.7 Å². The largest absolute Gasteiger partial charge is 0.481 e. The average Bonchev–Trinajstić information content (AvgIpc) is 3.57. The quantitative estimate of drug-likeness (QED) is 0.402. The lowest BCUT2D eigenvalue weighted by Crippen LogP contribution is -2.32. The van der Waals surface area contributed by atoms with Gasteiger partial charge in [-0.2, -0.15) is 4.98 Å². The number of carbonyl (C=O) groups excluding carboxylic acids is 1. The third kappa shape index (κ3) is 5.32. The van der Waals surface area contributed by atoms with Gasteiger partial charge in [-0.1, -0.05) is 29.8 Å². The highest BCUT2D eigenvalue weighted by Crippen LogP contribution is 2.46. The summed E-state index contributed by atoms with van der Waals surface area (Å²) in [5, 5.41) is 12.1. The van der Waals surface area contributed by atoms with E-state index in [2.05, 4.69) is 10.3 Å². The van der Waals surface area contributed by atoms with Crippen molar-refractivity contribution >= 4 is 38.8 Å². The van der Waals surface area contributed by atoms with E-state index in [1.165, 1.54) is 4.31 Å². The Morgan fingerprint density at radius 2 is 1.89 bits per heavy atom. The van der Waals surface area contributed by atoms with Crippen molar-refractivity contribution in [3.63, 3.8) is 0 Å². The molecule has 1 aliphatic carbocycles. The van der Waals surface area contributed by atoms with Gasteiger partial charge in [0.25, 0.3) is 5.91 Å². The van der Waals surface area contributed by atoms with Crippen LogP contribution in [0.5, 0.6) is 0 Å². The van der Waals surface area contributed by atoms with Crippen LogP contribution in [0.3, 0.4) is 0 Å². The average molecular weight is 500 g/mol. The molecule has 0 unspecified atom stereocenters. The Hall–Kier alpha value is -3.40. The summed E-state index contributed by atoms with van der Waals surface area (Å²) in [6, 6.07) is 9.41. The number of carboxylic acid groups (broad SMARTS) is 1. The van der Waals surface area contributed by atoms with Crippen molar-refractivity contribution in [1.29, 1.82) is 0 Å². The minimum Gasteiger partial charge on any atom is -0.481 e. The third-order valence-electron chi connectivity index (χ3n) is 6.11. The Kier molecular flexibility index (Phi) is 6.84. The number of benzene rings is 1. The molecular formula is C25H29N3O6S. The Morgan fingerprint density at radius 3 is 2.46 bits per heavy atom. The maximum absolute atomic E-state index is 12.9. The van der Waals surface area contributed by atoms with Crippen LogP contribution >= 0.6 is 0 Å². The van der Waals surface area contributed by atoms with Crippen LogP contribution in [0.1, 0.15) is 59.5 Å². The molecule has 0 spiro atoms. The minimum absolute atomic E-state index is 0.0346. The molecule has 0 bridgehead atoms. The summed E-state index contributed by atoms with van der Waals surface area (Å²) >= 11 is 0. The topological polar surface area (TPSA) is 130 Å². The molecule has 10 heteroatoms. The number of aromatic nitrogens is 1. The van der Waals surface area contributed by atoms with Crippen molar-refractivity contribution < 1.29 is 27.5 Å². The summed E-state index contributed by atoms with van der Waals surface area (Å²) in [4.78, 5) is 28.4. The second-order valence-corrected chi connectivity index (χ2v) is 10.9. The monoisotopic (exact) mass is 499 g/mol. The molecule has 9 nitrogen and oxygen atoms in total. The van der Waals surface area contributed by atoms with Gasteiger partial charge >= 0.3 is 5.97 Å². The normalized spacial score (nSPS) is 13.7. The van der Waals surface area contributed by atoms with Gasteiger partial charge in [-0.05, 0) is 50.2 Å². The second-order valence-electron chi connectivity index (χ2n) is 8.97. The highest BCUT2D eigenvalue weighted by molar-refractivity contribution is 7.92. The van der Waals surface area contributed by atoms with Crippen molar-refractivity contribution in [2.45, 2.75) is 44.9 Å². The summed E-state index contributed by atoms with van der Waals surface area (Å²) in [5.74, 6) is -0.441. The van der Waals surface area contributed by atoms with Crippen LogP contribution in [-0.2, 0) is 14.8 Å². The van der Waals surface area contributed by atoms with Gasteiger partial charge in [-0.15, -0.1) is 0 Å². The lowest BCUT2D eigenvalue weighted by Gasteiger charge is -2.23. The summed E-state index contributed by atoms with van der Waals surface area (Å²) in [6.07, 6.45) is 3.60. The molecule has 186 valence electrons. The van der Waals surface area contributed by atoms with E-state index in [0.717, 1.165) is 35.8 Å². The number of anilines is 1. The molecule has 1 saturated carbocycles. The Labute approximate surface area is 204 Å². The van der Waals surface area contributed by atoms with Gasteiger partial charge in [0.2, 0.25) is 15.7 Å². The Morgan fingerprint density at radius 1 is 1.20 bits per heavy atom. The standard InChI is InChI=1S/C25H29N3O6S/c1-15-7-9-17(10-8-15)22-21(24(31)26-2)19-14-18(16-11-12-16)23(27-25(19)34-22)28(35(3,32)33)13-5-4-6-20(29)30/h7-10,14,16H,4-6,11-13H2,1-3H3,(H,26,31)(H,29,30). The second kappa shape index (κ2) is 9.69. The maximum atomic E-state index is 12.9. The number of hydrogen-bond acceptors (Lipinski definition) is 6. The first-order valence-corrected chi connectivity index (χ1v) is 13.4. The zero-order valence-electron chi connectivity index (χ0n) is 20.0. The smallest absolute Gasteiger partial charge is 0.303 e. The van der Waals surface area contributed by atoms with E-state index in [0.29, 0.717) is 29.6 Å². The number of aliphatic carboxylic acids is 1. The SMILES string of the molecule is CNC(=O)c1c(-c2ccc(C)cc2)oc2nc(N(CCCCC(=O)O)S(C)(=O)=O)c(C3CC3)cc12. The molecule has 0 radical (unpaired) electrons. The first-order valence-electron chi connectivity index (χ1n) is 11.6. The maximum Gasteiger partial charge on any atom is 0.303 e. The van der Waals surface area contributed by atoms with E-state index < -0.39 is 16.0 Å². The van der Waals surface area contributed by atoms with Crippen molar-refractivity contribution in [2.75, 3.05) is 24.2 Å². The van der Waals surface area contributed by atoms with Crippen LogP contribution < -0.4 is 9.62 Å². The highest BCUT2D eigenvalue weighted by atomic mass is 32.2. The number of rotatable bonds is 10. The summed E-state index contributed by atoms with van der Waals surface area (Å²) in [7, 11) is -2.15. The minimum atomic E-state index is -3.69. The molecule has 1 fully saturated rings.